The van der Waals surface area contributed by atoms with Crippen molar-refractivity contribution in [3.8, 4) is 0 Å². The van der Waals surface area contributed by atoms with Crippen LogP contribution in [0.3, 0.4) is 0 Å². The quantitative estimate of drug-likeness (QED) is 0.870. The van der Waals surface area contributed by atoms with E-state index in [9.17, 15) is 9.18 Å². The highest BCUT2D eigenvalue weighted by atomic mass is 35.5. The molecule has 0 atom stereocenters. The van der Waals surface area contributed by atoms with Gasteiger partial charge in [-0.1, -0.05) is 18.5 Å². The van der Waals surface area contributed by atoms with E-state index in [2.05, 4.69) is 10.3 Å². The summed E-state index contributed by atoms with van der Waals surface area (Å²) in [7, 11) is 0. The third-order valence-corrected chi connectivity index (χ3v) is 2.77. The van der Waals surface area contributed by atoms with Gasteiger partial charge in [0.25, 0.3) is 5.91 Å². The molecule has 0 radical (unpaired) electrons. The summed E-state index contributed by atoms with van der Waals surface area (Å²) in [5, 5.41) is 2.95. The van der Waals surface area contributed by atoms with Crippen LogP contribution in [0.1, 0.15) is 23.0 Å². The Balaban J connectivity index is 2.20. The lowest BCUT2D eigenvalue weighted by Gasteiger charge is -2.06. The summed E-state index contributed by atoms with van der Waals surface area (Å²) in [5.74, 6) is -0.649. The molecule has 3 nitrogen and oxygen atoms in total. The highest BCUT2D eigenvalue weighted by Crippen LogP contribution is 2.14. The van der Waals surface area contributed by atoms with Crippen LogP contribution < -0.4 is 5.32 Å². The molecule has 0 fully saturated rings. The number of aryl methyl sites for hydroxylation is 1. The molecular formula is C14H12ClFN2O. The van der Waals surface area contributed by atoms with Crippen LogP contribution >= 0.6 is 11.6 Å². The predicted molar refractivity (Wildman–Crippen MR) is 73.0 cm³/mol. The molecule has 1 aromatic carbocycles. The molecule has 0 aliphatic carbocycles. The Morgan fingerprint density at radius 3 is 2.63 bits per heavy atom. The number of pyridine rings is 1. The van der Waals surface area contributed by atoms with Gasteiger partial charge in [-0.25, -0.2) is 9.37 Å². The zero-order valence-corrected chi connectivity index (χ0v) is 11.0. The van der Waals surface area contributed by atoms with Crippen LogP contribution in [-0.2, 0) is 6.42 Å². The minimum Gasteiger partial charge on any atom is -0.322 e. The van der Waals surface area contributed by atoms with Crippen molar-refractivity contribution in [3.05, 3.63) is 58.6 Å². The van der Waals surface area contributed by atoms with Gasteiger partial charge < -0.3 is 5.32 Å². The fraction of sp³-hybridized carbons (Fsp3) is 0.143. The maximum atomic E-state index is 12.8. The molecule has 0 bridgehead atoms. The van der Waals surface area contributed by atoms with E-state index in [-0.39, 0.29) is 16.9 Å². The number of carbonyl (C=O) groups is 1. The van der Waals surface area contributed by atoms with Gasteiger partial charge >= 0.3 is 0 Å². The molecule has 98 valence electrons. The fourth-order valence-electron chi connectivity index (χ4n) is 1.60. The first kappa shape index (κ1) is 13.5. The van der Waals surface area contributed by atoms with Crippen molar-refractivity contribution >= 4 is 23.2 Å². The molecule has 0 unspecified atom stereocenters. The van der Waals surface area contributed by atoms with Crippen molar-refractivity contribution in [1.82, 2.24) is 4.98 Å². The Labute approximate surface area is 115 Å². The fourth-order valence-corrected chi connectivity index (χ4v) is 1.83. The van der Waals surface area contributed by atoms with Crippen LogP contribution in [0.15, 0.2) is 36.4 Å². The highest BCUT2D eigenvalue weighted by Gasteiger charge is 2.09. The summed E-state index contributed by atoms with van der Waals surface area (Å²) in [5.41, 5.74) is 1.70. The molecule has 19 heavy (non-hydrogen) atoms. The van der Waals surface area contributed by atoms with Crippen LogP contribution in [0.4, 0.5) is 10.1 Å². The van der Waals surface area contributed by atoms with E-state index in [0.29, 0.717) is 17.7 Å². The Morgan fingerprint density at radius 2 is 2.00 bits per heavy atom. The van der Waals surface area contributed by atoms with Crippen molar-refractivity contribution in [1.29, 1.82) is 0 Å². The lowest BCUT2D eigenvalue weighted by molar-refractivity contribution is 0.102. The first-order valence-electron chi connectivity index (χ1n) is 5.82. The van der Waals surface area contributed by atoms with E-state index in [1.165, 1.54) is 30.3 Å². The summed E-state index contributed by atoms with van der Waals surface area (Å²) in [6.45, 7) is 1.93. The third-order valence-electron chi connectivity index (χ3n) is 2.57. The normalized spacial score (nSPS) is 10.3. The summed E-state index contributed by atoms with van der Waals surface area (Å²) < 4.78 is 12.8. The monoisotopic (exact) mass is 278 g/mol. The lowest BCUT2D eigenvalue weighted by atomic mass is 10.2. The number of nitrogens with one attached hydrogen (secondary N) is 1. The number of hydrogen-bond donors (Lipinski definition) is 1. The number of benzene rings is 1. The molecule has 0 saturated carbocycles. The number of nitrogens with zero attached hydrogens (tertiary/aromatic N) is 1. The third kappa shape index (κ3) is 3.51. The van der Waals surface area contributed by atoms with E-state index in [1.807, 2.05) is 6.92 Å². The molecule has 0 saturated heterocycles. The summed E-state index contributed by atoms with van der Waals surface area (Å²) in [4.78, 5) is 16.1. The maximum absolute atomic E-state index is 12.8. The second kappa shape index (κ2) is 5.80. The number of halogens is 2. The summed E-state index contributed by atoms with van der Waals surface area (Å²) in [6.07, 6.45) is 0.692. The molecule has 1 heterocycles. The number of aromatic nitrogens is 1. The van der Waals surface area contributed by atoms with Crippen LogP contribution in [-0.4, -0.2) is 10.9 Å². The molecule has 0 aliphatic rings. The van der Waals surface area contributed by atoms with Crippen molar-refractivity contribution in [3.63, 3.8) is 0 Å². The van der Waals surface area contributed by atoms with Gasteiger partial charge in [-0.15, -0.1) is 0 Å². The minimum atomic E-state index is -0.349. The largest absolute Gasteiger partial charge is 0.322 e. The van der Waals surface area contributed by atoms with E-state index >= 15 is 0 Å². The van der Waals surface area contributed by atoms with Gasteiger partial charge in [-0.3, -0.25) is 4.79 Å². The second-order valence-corrected chi connectivity index (χ2v) is 4.37. The number of rotatable bonds is 3. The molecule has 1 N–H and O–H groups in total. The standard InChI is InChI=1S/C14H12ClFN2O/c1-2-11-7-9(8-13(15)17-11)14(19)18-12-5-3-10(16)4-6-12/h3-8H,2H2,1H3,(H,18,19). The zero-order chi connectivity index (χ0) is 13.8. The molecule has 0 spiro atoms. The average molecular weight is 279 g/mol. The number of carbonyl (C=O) groups excluding carboxylic acids is 1. The van der Waals surface area contributed by atoms with Crippen LogP contribution in [0, 0.1) is 5.82 Å². The average Bonchev–Trinajstić information content (AvgIpc) is 2.40. The molecule has 2 rings (SSSR count). The van der Waals surface area contributed by atoms with Crippen molar-refractivity contribution in [2.24, 2.45) is 0 Å². The first-order chi connectivity index (χ1) is 9.08. The summed E-state index contributed by atoms with van der Waals surface area (Å²) in [6, 6.07) is 8.75. The smallest absolute Gasteiger partial charge is 0.255 e. The molecular weight excluding hydrogens is 267 g/mol. The van der Waals surface area contributed by atoms with Crippen LogP contribution in [0.2, 0.25) is 5.15 Å². The van der Waals surface area contributed by atoms with E-state index < -0.39 is 0 Å². The zero-order valence-electron chi connectivity index (χ0n) is 10.3. The van der Waals surface area contributed by atoms with Gasteiger partial charge in [0.15, 0.2) is 0 Å². The van der Waals surface area contributed by atoms with Gasteiger partial charge in [0.1, 0.15) is 11.0 Å². The molecule has 5 heteroatoms. The topological polar surface area (TPSA) is 42.0 Å². The van der Waals surface area contributed by atoms with Gasteiger partial charge in [-0.2, -0.15) is 0 Å². The Kier molecular flexibility index (Phi) is 4.12. The van der Waals surface area contributed by atoms with Crippen molar-refractivity contribution in [2.45, 2.75) is 13.3 Å². The Hall–Kier alpha value is -1.94. The predicted octanol–water partition coefficient (Wildman–Crippen LogP) is 3.69. The Bertz CT molecular complexity index is 599. The van der Waals surface area contributed by atoms with Crippen molar-refractivity contribution in [2.75, 3.05) is 5.32 Å². The molecule has 2 aromatic rings. The second-order valence-electron chi connectivity index (χ2n) is 3.98. The lowest BCUT2D eigenvalue weighted by Crippen LogP contribution is -2.12. The number of amides is 1. The number of hydrogen-bond acceptors (Lipinski definition) is 2. The van der Waals surface area contributed by atoms with Gasteiger partial charge in [0.05, 0.1) is 0 Å². The molecule has 1 amide bonds. The van der Waals surface area contributed by atoms with Crippen molar-refractivity contribution < 1.29 is 9.18 Å². The van der Waals surface area contributed by atoms with Crippen LogP contribution in [0.25, 0.3) is 0 Å². The Morgan fingerprint density at radius 1 is 1.32 bits per heavy atom. The number of anilines is 1. The van der Waals surface area contributed by atoms with Gasteiger partial charge in [0.2, 0.25) is 0 Å². The highest BCUT2D eigenvalue weighted by molar-refractivity contribution is 6.29. The maximum Gasteiger partial charge on any atom is 0.255 e. The molecule has 0 aliphatic heterocycles. The van der Waals surface area contributed by atoms with Crippen LogP contribution in [0.5, 0.6) is 0 Å². The van der Waals surface area contributed by atoms with E-state index in [1.54, 1.807) is 6.07 Å². The summed E-state index contributed by atoms with van der Waals surface area (Å²) >= 11 is 5.86. The SMILES string of the molecule is CCc1cc(C(=O)Nc2ccc(F)cc2)cc(Cl)n1. The van der Waals surface area contributed by atoms with Gasteiger partial charge in [-0.05, 0) is 42.8 Å². The van der Waals surface area contributed by atoms with E-state index in [4.69, 9.17) is 11.6 Å². The van der Waals surface area contributed by atoms with E-state index in [0.717, 1.165) is 5.69 Å². The first-order valence-corrected chi connectivity index (χ1v) is 6.19. The minimum absolute atomic E-state index is 0.281. The van der Waals surface area contributed by atoms with Gasteiger partial charge in [0, 0.05) is 16.9 Å². The molecule has 1 aromatic heterocycles.